The van der Waals surface area contributed by atoms with Crippen molar-refractivity contribution in [1.82, 2.24) is 10.2 Å². The van der Waals surface area contributed by atoms with Gasteiger partial charge in [0, 0.05) is 5.39 Å². The maximum atomic E-state index is 3.94. The molecular weight excluding hydrogens is 172 g/mol. The zero-order valence-electron chi connectivity index (χ0n) is 9.76. The van der Waals surface area contributed by atoms with Crippen LogP contribution in [-0.4, -0.2) is 10.2 Å². The smallest absolute Gasteiger partial charge is 0.0652 e. The summed E-state index contributed by atoms with van der Waals surface area (Å²) in [4.78, 5) is 0. The summed E-state index contributed by atoms with van der Waals surface area (Å²) in [5, 5.41) is 8.06. The van der Waals surface area contributed by atoms with Gasteiger partial charge in [0.1, 0.15) is 0 Å². The van der Waals surface area contributed by atoms with Gasteiger partial charge in [0.25, 0.3) is 0 Å². The topological polar surface area (TPSA) is 28.7 Å². The summed E-state index contributed by atoms with van der Waals surface area (Å²) in [5.41, 5.74) is 2.38. The predicted molar refractivity (Wildman–Crippen MR) is 63.5 cm³/mol. The third kappa shape index (κ3) is 2.87. The van der Waals surface area contributed by atoms with Crippen LogP contribution in [0.3, 0.4) is 0 Å². The van der Waals surface area contributed by atoms with Gasteiger partial charge in [-0.1, -0.05) is 39.8 Å². The zero-order chi connectivity index (χ0) is 11.0. The van der Waals surface area contributed by atoms with Gasteiger partial charge in [-0.15, -0.1) is 0 Å². The minimum Gasteiger partial charge on any atom is -0.278 e. The van der Waals surface area contributed by atoms with Crippen molar-refractivity contribution in [1.29, 1.82) is 0 Å². The molecule has 0 saturated carbocycles. The van der Waals surface area contributed by atoms with E-state index >= 15 is 0 Å². The highest BCUT2D eigenvalue weighted by molar-refractivity contribution is 5.81. The van der Waals surface area contributed by atoms with E-state index in [1.807, 2.05) is 46.0 Å². The number of H-pyrrole nitrogens is 1. The Labute approximate surface area is 86.3 Å². The lowest BCUT2D eigenvalue weighted by molar-refractivity contribution is 1.12. The number of nitrogens with zero attached hydrogens (tertiary/aromatic N) is 1. The summed E-state index contributed by atoms with van der Waals surface area (Å²) < 4.78 is 0. The quantitative estimate of drug-likeness (QED) is 0.673. The van der Waals surface area contributed by atoms with Gasteiger partial charge in [-0.25, -0.2) is 0 Å². The maximum absolute atomic E-state index is 3.94. The molecule has 14 heavy (non-hydrogen) atoms. The number of aromatic nitrogens is 2. The van der Waals surface area contributed by atoms with E-state index in [1.54, 1.807) is 0 Å². The van der Waals surface area contributed by atoms with Crippen molar-refractivity contribution < 1.29 is 0 Å². The molecule has 78 valence electrons. The number of aromatic amines is 1. The van der Waals surface area contributed by atoms with Gasteiger partial charge in [-0.2, -0.15) is 5.10 Å². The van der Waals surface area contributed by atoms with Crippen LogP contribution in [0.1, 0.15) is 33.3 Å². The van der Waals surface area contributed by atoms with Crippen molar-refractivity contribution in [2.75, 3.05) is 0 Å². The van der Waals surface area contributed by atoms with Crippen molar-refractivity contribution in [3.8, 4) is 0 Å². The molecule has 0 unspecified atom stereocenters. The SMILES string of the molecule is CC.CC.Cc1cccc2[nH]ncc12. The summed E-state index contributed by atoms with van der Waals surface area (Å²) in [6, 6.07) is 6.13. The number of benzene rings is 1. The third-order valence-electron chi connectivity index (χ3n) is 1.70. The van der Waals surface area contributed by atoms with Gasteiger partial charge in [0.2, 0.25) is 0 Å². The first kappa shape index (κ1) is 12.7. The van der Waals surface area contributed by atoms with Gasteiger partial charge < -0.3 is 0 Å². The first-order valence-corrected chi connectivity index (χ1v) is 5.26. The van der Waals surface area contributed by atoms with Gasteiger partial charge in [0.15, 0.2) is 0 Å². The van der Waals surface area contributed by atoms with E-state index in [9.17, 15) is 0 Å². The van der Waals surface area contributed by atoms with E-state index in [2.05, 4.69) is 23.2 Å². The minimum atomic E-state index is 1.11. The highest BCUT2D eigenvalue weighted by atomic mass is 15.1. The Morgan fingerprint density at radius 1 is 1.07 bits per heavy atom. The van der Waals surface area contributed by atoms with Crippen LogP contribution in [0, 0.1) is 6.92 Å². The molecule has 0 aliphatic rings. The summed E-state index contributed by atoms with van der Waals surface area (Å²) in [6.45, 7) is 10.1. The highest BCUT2D eigenvalue weighted by Crippen LogP contribution is 2.13. The average molecular weight is 192 g/mol. The van der Waals surface area contributed by atoms with Crippen molar-refractivity contribution in [2.24, 2.45) is 0 Å². The molecule has 0 atom stereocenters. The van der Waals surface area contributed by atoms with E-state index in [4.69, 9.17) is 0 Å². The number of nitrogens with one attached hydrogen (secondary N) is 1. The Hall–Kier alpha value is -1.31. The number of hydrogen-bond donors (Lipinski definition) is 1. The Kier molecular flexibility index (Phi) is 6.46. The lowest BCUT2D eigenvalue weighted by Crippen LogP contribution is -1.71. The molecule has 0 aliphatic carbocycles. The molecule has 0 bridgehead atoms. The largest absolute Gasteiger partial charge is 0.278 e. The van der Waals surface area contributed by atoms with Crippen LogP contribution < -0.4 is 0 Å². The summed E-state index contributed by atoms with van der Waals surface area (Å²) >= 11 is 0. The minimum absolute atomic E-state index is 1.11. The number of fused-ring (bicyclic) bond motifs is 1. The molecule has 0 spiro atoms. The molecular formula is C12H20N2. The number of hydrogen-bond acceptors (Lipinski definition) is 1. The van der Waals surface area contributed by atoms with E-state index in [1.165, 1.54) is 10.9 Å². The van der Waals surface area contributed by atoms with Crippen LogP contribution in [-0.2, 0) is 0 Å². The molecule has 0 aliphatic heterocycles. The normalized spacial score (nSPS) is 8.36. The van der Waals surface area contributed by atoms with Gasteiger partial charge in [-0.3, -0.25) is 5.10 Å². The predicted octanol–water partition coefficient (Wildman–Crippen LogP) is 3.92. The van der Waals surface area contributed by atoms with E-state index in [0.717, 1.165) is 5.52 Å². The van der Waals surface area contributed by atoms with Gasteiger partial charge in [0.05, 0.1) is 11.7 Å². The standard InChI is InChI=1S/C8H8N2.2C2H6/c1-6-3-2-4-8-7(6)5-9-10-8;2*1-2/h2-5H,1H3,(H,9,10);2*1-2H3. The Morgan fingerprint density at radius 2 is 1.71 bits per heavy atom. The summed E-state index contributed by atoms with van der Waals surface area (Å²) in [6.07, 6.45) is 1.85. The second-order valence-corrected chi connectivity index (χ2v) is 2.41. The molecule has 1 heterocycles. The fourth-order valence-electron chi connectivity index (χ4n) is 1.12. The fraction of sp³-hybridized carbons (Fsp3) is 0.417. The molecule has 2 aromatic rings. The van der Waals surface area contributed by atoms with Crippen molar-refractivity contribution >= 4 is 10.9 Å². The number of aryl methyl sites for hydroxylation is 1. The molecule has 2 nitrogen and oxygen atoms in total. The van der Waals surface area contributed by atoms with Crippen molar-refractivity contribution in [3.05, 3.63) is 30.0 Å². The second-order valence-electron chi connectivity index (χ2n) is 2.41. The molecule has 0 saturated heterocycles. The van der Waals surface area contributed by atoms with Crippen molar-refractivity contribution in [3.63, 3.8) is 0 Å². The van der Waals surface area contributed by atoms with E-state index in [0.29, 0.717) is 0 Å². The van der Waals surface area contributed by atoms with Crippen LogP contribution >= 0.6 is 0 Å². The Morgan fingerprint density at radius 3 is 2.29 bits per heavy atom. The lowest BCUT2D eigenvalue weighted by Gasteiger charge is -1.90. The first-order valence-electron chi connectivity index (χ1n) is 5.26. The molecule has 1 N–H and O–H groups in total. The van der Waals surface area contributed by atoms with Crippen LogP contribution in [0.2, 0.25) is 0 Å². The van der Waals surface area contributed by atoms with Crippen molar-refractivity contribution in [2.45, 2.75) is 34.6 Å². The molecule has 2 heteroatoms. The molecule has 2 rings (SSSR count). The third-order valence-corrected chi connectivity index (χ3v) is 1.70. The lowest BCUT2D eigenvalue weighted by atomic mass is 10.2. The fourth-order valence-corrected chi connectivity index (χ4v) is 1.12. The summed E-state index contributed by atoms with van der Waals surface area (Å²) in [7, 11) is 0. The highest BCUT2D eigenvalue weighted by Gasteiger charge is 1.94. The molecule has 1 aromatic heterocycles. The van der Waals surface area contributed by atoms with Gasteiger partial charge in [-0.05, 0) is 18.6 Å². The molecule has 1 aromatic carbocycles. The zero-order valence-corrected chi connectivity index (χ0v) is 9.76. The molecule has 0 amide bonds. The van der Waals surface area contributed by atoms with E-state index < -0.39 is 0 Å². The van der Waals surface area contributed by atoms with Crippen LogP contribution in [0.25, 0.3) is 10.9 Å². The monoisotopic (exact) mass is 192 g/mol. The Balaban J connectivity index is 0.000000379. The summed E-state index contributed by atoms with van der Waals surface area (Å²) in [5.74, 6) is 0. The maximum Gasteiger partial charge on any atom is 0.0652 e. The van der Waals surface area contributed by atoms with Crippen LogP contribution in [0.15, 0.2) is 24.4 Å². The van der Waals surface area contributed by atoms with Crippen LogP contribution in [0.4, 0.5) is 0 Å². The van der Waals surface area contributed by atoms with E-state index in [-0.39, 0.29) is 0 Å². The number of rotatable bonds is 0. The molecule has 0 radical (unpaired) electrons. The molecule has 0 fully saturated rings. The second kappa shape index (κ2) is 7.13. The van der Waals surface area contributed by atoms with Gasteiger partial charge >= 0.3 is 0 Å². The van der Waals surface area contributed by atoms with Crippen LogP contribution in [0.5, 0.6) is 0 Å². The Bertz CT molecular complexity index is 350. The average Bonchev–Trinajstić information content (AvgIpc) is 2.73. The first-order chi connectivity index (χ1) is 6.88.